The van der Waals surface area contributed by atoms with E-state index in [0.717, 1.165) is 29.4 Å². The molecule has 0 aromatic heterocycles. The highest BCUT2D eigenvalue weighted by molar-refractivity contribution is 5.47. The molecule has 2 aromatic carbocycles. The van der Waals surface area contributed by atoms with Gasteiger partial charge in [-0.1, -0.05) is 12.1 Å². The van der Waals surface area contributed by atoms with Gasteiger partial charge < -0.3 is 10.6 Å². The quantitative estimate of drug-likeness (QED) is 0.921. The predicted octanol–water partition coefficient (Wildman–Crippen LogP) is 3.08. The SMILES string of the molecule is CN(C)c1ccc(C(N)c2cc(F)ccc2F)cc1. The Morgan fingerprint density at radius 3 is 2.21 bits per heavy atom. The second kappa shape index (κ2) is 5.36. The zero-order valence-electron chi connectivity index (χ0n) is 10.9. The largest absolute Gasteiger partial charge is 0.378 e. The van der Waals surface area contributed by atoms with Crippen molar-refractivity contribution in [2.45, 2.75) is 6.04 Å². The summed E-state index contributed by atoms with van der Waals surface area (Å²) in [6.07, 6.45) is 0. The number of rotatable bonds is 3. The van der Waals surface area contributed by atoms with E-state index in [4.69, 9.17) is 5.73 Å². The van der Waals surface area contributed by atoms with E-state index < -0.39 is 17.7 Å². The van der Waals surface area contributed by atoms with Crippen LogP contribution in [0.15, 0.2) is 42.5 Å². The van der Waals surface area contributed by atoms with Crippen molar-refractivity contribution in [1.29, 1.82) is 0 Å². The fourth-order valence-corrected chi connectivity index (χ4v) is 1.91. The van der Waals surface area contributed by atoms with Gasteiger partial charge in [-0.05, 0) is 35.9 Å². The van der Waals surface area contributed by atoms with Gasteiger partial charge in [0, 0.05) is 25.3 Å². The van der Waals surface area contributed by atoms with Gasteiger partial charge in [-0.15, -0.1) is 0 Å². The molecule has 2 aromatic rings. The zero-order chi connectivity index (χ0) is 14.0. The first-order chi connectivity index (χ1) is 8.99. The molecule has 1 atom stereocenters. The first-order valence-corrected chi connectivity index (χ1v) is 5.97. The molecule has 0 radical (unpaired) electrons. The van der Waals surface area contributed by atoms with E-state index in [-0.39, 0.29) is 5.56 Å². The van der Waals surface area contributed by atoms with Crippen molar-refractivity contribution in [2.24, 2.45) is 5.73 Å². The van der Waals surface area contributed by atoms with Crippen LogP contribution in [0.25, 0.3) is 0 Å². The average Bonchev–Trinajstić information content (AvgIpc) is 2.41. The Morgan fingerprint density at radius 2 is 1.63 bits per heavy atom. The van der Waals surface area contributed by atoms with Gasteiger partial charge in [0.15, 0.2) is 0 Å². The van der Waals surface area contributed by atoms with E-state index >= 15 is 0 Å². The summed E-state index contributed by atoms with van der Waals surface area (Å²) < 4.78 is 26.8. The minimum atomic E-state index is -0.674. The lowest BCUT2D eigenvalue weighted by Crippen LogP contribution is -2.14. The Hall–Kier alpha value is -1.94. The highest BCUT2D eigenvalue weighted by atomic mass is 19.1. The van der Waals surface area contributed by atoms with Gasteiger partial charge in [0.05, 0.1) is 6.04 Å². The number of benzene rings is 2. The third kappa shape index (κ3) is 2.90. The molecule has 0 amide bonds. The number of halogens is 2. The van der Waals surface area contributed by atoms with Crippen molar-refractivity contribution in [3.63, 3.8) is 0 Å². The second-order valence-corrected chi connectivity index (χ2v) is 4.63. The van der Waals surface area contributed by atoms with Gasteiger partial charge >= 0.3 is 0 Å². The van der Waals surface area contributed by atoms with Crippen LogP contribution in [0, 0.1) is 11.6 Å². The zero-order valence-corrected chi connectivity index (χ0v) is 10.9. The van der Waals surface area contributed by atoms with Crippen molar-refractivity contribution in [1.82, 2.24) is 0 Å². The van der Waals surface area contributed by atoms with Gasteiger partial charge in [0.1, 0.15) is 11.6 Å². The van der Waals surface area contributed by atoms with Crippen LogP contribution in [0.5, 0.6) is 0 Å². The van der Waals surface area contributed by atoms with Crippen molar-refractivity contribution >= 4 is 5.69 Å². The molecule has 4 heteroatoms. The molecular weight excluding hydrogens is 246 g/mol. The maximum absolute atomic E-state index is 13.7. The van der Waals surface area contributed by atoms with Crippen LogP contribution in [0.1, 0.15) is 17.2 Å². The van der Waals surface area contributed by atoms with Crippen molar-refractivity contribution < 1.29 is 8.78 Å². The summed E-state index contributed by atoms with van der Waals surface area (Å²) in [7, 11) is 3.86. The van der Waals surface area contributed by atoms with E-state index in [1.165, 1.54) is 0 Å². The monoisotopic (exact) mass is 262 g/mol. The third-order valence-electron chi connectivity index (χ3n) is 3.06. The normalized spacial score (nSPS) is 12.3. The van der Waals surface area contributed by atoms with Crippen LogP contribution < -0.4 is 10.6 Å². The molecule has 0 spiro atoms. The number of nitrogens with zero attached hydrogens (tertiary/aromatic N) is 1. The maximum Gasteiger partial charge on any atom is 0.128 e. The molecular formula is C15H16F2N2. The number of hydrogen-bond donors (Lipinski definition) is 1. The molecule has 2 nitrogen and oxygen atoms in total. The summed E-state index contributed by atoms with van der Waals surface area (Å²) in [6, 6.07) is 10.1. The second-order valence-electron chi connectivity index (χ2n) is 4.63. The lowest BCUT2D eigenvalue weighted by molar-refractivity contribution is 0.576. The molecule has 0 fully saturated rings. The van der Waals surface area contributed by atoms with Gasteiger partial charge in [-0.2, -0.15) is 0 Å². The molecule has 0 heterocycles. The first-order valence-electron chi connectivity index (χ1n) is 5.97. The molecule has 0 aliphatic carbocycles. The molecule has 0 aliphatic rings. The van der Waals surface area contributed by atoms with E-state index in [0.29, 0.717) is 0 Å². The summed E-state index contributed by atoms with van der Waals surface area (Å²) in [6.45, 7) is 0. The van der Waals surface area contributed by atoms with Gasteiger partial charge in [0.2, 0.25) is 0 Å². The Bertz CT molecular complexity index is 565. The highest BCUT2D eigenvalue weighted by Crippen LogP contribution is 2.24. The van der Waals surface area contributed by atoms with Crippen LogP contribution in [0.4, 0.5) is 14.5 Å². The van der Waals surface area contributed by atoms with Crippen molar-refractivity contribution in [2.75, 3.05) is 19.0 Å². The third-order valence-corrected chi connectivity index (χ3v) is 3.06. The van der Waals surface area contributed by atoms with Crippen LogP contribution >= 0.6 is 0 Å². The molecule has 0 saturated heterocycles. The molecule has 0 aliphatic heterocycles. The Kier molecular flexibility index (Phi) is 3.81. The average molecular weight is 262 g/mol. The molecule has 2 rings (SSSR count). The van der Waals surface area contributed by atoms with Crippen molar-refractivity contribution in [3.05, 3.63) is 65.2 Å². The lowest BCUT2D eigenvalue weighted by atomic mass is 9.98. The highest BCUT2D eigenvalue weighted by Gasteiger charge is 2.14. The van der Waals surface area contributed by atoms with Crippen molar-refractivity contribution in [3.8, 4) is 0 Å². The topological polar surface area (TPSA) is 29.3 Å². The Labute approximate surface area is 111 Å². The standard InChI is InChI=1S/C15H16F2N2/c1-19(2)12-6-3-10(4-7-12)15(18)13-9-11(16)5-8-14(13)17/h3-9,15H,18H2,1-2H3. The van der Waals surface area contributed by atoms with Gasteiger partial charge in [-0.25, -0.2) is 8.78 Å². The van der Waals surface area contributed by atoms with E-state index in [2.05, 4.69) is 0 Å². The minimum Gasteiger partial charge on any atom is -0.378 e. The van der Waals surface area contributed by atoms with E-state index in [9.17, 15) is 8.78 Å². The molecule has 1 unspecified atom stereocenters. The molecule has 0 saturated carbocycles. The molecule has 100 valence electrons. The summed E-state index contributed by atoms with van der Waals surface area (Å²) in [5.74, 6) is -0.984. The Balaban J connectivity index is 2.33. The Morgan fingerprint density at radius 1 is 1.00 bits per heavy atom. The number of nitrogens with two attached hydrogens (primary N) is 1. The van der Waals surface area contributed by atoms with Gasteiger partial charge in [-0.3, -0.25) is 0 Å². The van der Waals surface area contributed by atoms with Crippen LogP contribution in [-0.2, 0) is 0 Å². The fraction of sp³-hybridized carbons (Fsp3) is 0.200. The summed E-state index contributed by atoms with van der Waals surface area (Å²) in [5, 5.41) is 0. The van der Waals surface area contributed by atoms with E-state index in [1.807, 2.05) is 43.3 Å². The van der Waals surface area contributed by atoms with Crippen LogP contribution in [-0.4, -0.2) is 14.1 Å². The van der Waals surface area contributed by atoms with Gasteiger partial charge in [0.25, 0.3) is 0 Å². The predicted molar refractivity (Wildman–Crippen MR) is 73.2 cm³/mol. The number of hydrogen-bond acceptors (Lipinski definition) is 2. The summed E-state index contributed by atoms with van der Waals surface area (Å²) >= 11 is 0. The summed E-state index contributed by atoms with van der Waals surface area (Å²) in [5.41, 5.74) is 7.93. The molecule has 0 bridgehead atoms. The van der Waals surface area contributed by atoms with E-state index in [1.54, 1.807) is 0 Å². The smallest absolute Gasteiger partial charge is 0.128 e. The minimum absolute atomic E-state index is 0.164. The fourth-order valence-electron chi connectivity index (χ4n) is 1.91. The van der Waals surface area contributed by atoms with Crippen LogP contribution in [0.3, 0.4) is 0 Å². The van der Waals surface area contributed by atoms with Crippen LogP contribution in [0.2, 0.25) is 0 Å². The number of anilines is 1. The summed E-state index contributed by atoms with van der Waals surface area (Å²) in [4.78, 5) is 1.96. The maximum atomic E-state index is 13.7. The molecule has 19 heavy (non-hydrogen) atoms. The first kappa shape index (κ1) is 13.5. The molecule has 2 N–H and O–H groups in total. The lowest BCUT2D eigenvalue weighted by Gasteiger charge is -2.16.